The van der Waals surface area contributed by atoms with Gasteiger partial charge in [0.05, 0.1) is 6.04 Å². The second-order valence-electron chi connectivity index (χ2n) is 6.46. The molecule has 1 aliphatic heterocycles. The van der Waals surface area contributed by atoms with Crippen molar-refractivity contribution in [1.82, 2.24) is 10.2 Å². The fourth-order valence-electron chi connectivity index (χ4n) is 3.62. The molecular weight excluding hydrogens is 236 g/mol. The van der Waals surface area contributed by atoms with Crippen LogP contribution in [0.2, 0.25) is 0 Å². The van der Waals surface area contributed by atoms with Crippen LogP contribution in [0.15, 0.2) is 0 Å². The molecule has 1 amide bonds. The molecule has 2 fully saturated rings. The van der Waals surface area contributed by atoms with Gasteiger partial charge in [0.2, 0.25) is 5.91 Å². The Balaban J connectivity index is 1.78. The van der Waals surface area contributed by atoms with Crippen LogP contribution in [0.5, 0.6) is 0 Å². The van der Waals surface area contributed by atoms with Crippen molar-refractivity contribution in [3.63, 3.8) is 0 Å². The summed E-state index contributed by atoms with van der Waals surface area (Å²) in [7, 11) is 0. The topological polar surface area (TPSA) is 32.3 Å². The van der Waals surface area contributed by atoms with Gasteiger partial charge in [0.15, 0.2) is 0 Å². The summed E-state index contributed by atoms with van der Waals surface area (Å²) in [4.78, 5) is 14.4. The molecule has 110 valence electrons. The van der Waals surface area contributed by atoms with Gasteiger partial charge in [0.25, 0.3) is 0 Å². The highest BCUT2D eigenvalue weighted by atomic mass is 16.2. The molecule has 0 bridgehead atoms. The van der Waals surface area contributed by atoms with Crippen LogP contribution in [0, 0.1) is 5.92 Å². The van der Waals surface area contributed by atoms with E-state index in [1.807, 2.05) is 6.92 Å². The molecule has 3 nitrogen and oxygen atoms in total. The Morgan fingerprint density at radius 1 is 1.00 bits per heavy atom. The zero-order chi connectivity index (χ0) is 13.7. The summed E-state index contributed by atoms with van der Waals surface area (Å²) in [5, 5.41) is 3.56. The highest BCUT2D eigenvalue weighted by molar-refractivity contribution is 5.81. The monoisotopic (exact) mass is 266 g/mol. The first-order chi connectivity index (χ1) is 9.18. The Kier molecular flexibility index (Phi) is 5.68. The van der Waals surface area contributed by atoms with E-state index in [1.165, 1.54) is 51.4 Å². The summed E-state index contributed by atoms with van der Waals surface area (Å²) in [6, 6.07) is 0.457. The number of rotatable bonds is 4. The number of amides is 1. The van der Waals surface area contributed by atoms with Crippen molar-refractivity contribution >= 4 is 5.91 Å². The van der Waals surface area contributed by atoms with E-state index >= 15 is 0 Å². The highest BCUT2D eigenvalue weighted by Gasteiger charge is 2.26. The quantitative estimate of drug-likeness (QED) is 0.848. The van der Waals surface area contributed by atoms with E-state index in [4.69, 9.17) is 0 Å². The lowest BCUT2D eigenvalue weighted by Crippen LogP contribution is -2.50. The van der Waals surface area contributed by atoms with Crippen molar-refractivity contribution in [2.45, 2.75) is 77.3 Å². The summed E-state index contributed by atoms with van der Waals surface area (Å²) in [6.45, 7) is 6.22. The molecule has 1 heterocycles. The van der Waals surface area contributed by atoms with Gasteiger partial charge in [-0.05, 0) is 51.9 Å². The van der Waals surface area contributed by atoms with Gasteiger partial charge in [0, 0.05) is 19.1 Å². The fourth-order valence-corrected chi connectivity index (χ4v) is 3.62. The minimum Gasteiger partial charge on any atom is -0.341 e. The molecule has 1 saturated carbocycles. The van der Waals surface area contributed by atoms with Crippen LogP contribution in [0.3, 0.4) is 0 Å². The van der Waals surface area contributed by atoms with Gasteiger partial charge in [-0.2, -0.15) is 0 Å². The number of hydrogen-bond acceptors (Lipinski definition) is 2. The minimum atomic E-state index is -0.0185. The van der Waals surface area contributed by atoms with Crippen molar-refractivity contribution in [3.05, 3.63) is 0 Å². The smallest absolute Gasteiger partial charge is 0.239 e. The molecule has 0 aromatic rings. The Labute approximate surface area is 118 Å². The van der Waals surface area contributed by atoms with E-state index in [2.05, 4.69) is 17.1 Å². The Morgan fingerprint density at radius 3 is 2.21 bits per heavy atom. The Bertz CT molecular complexity index is 280. The van der Waals surface area contributed by atoms with E-state index in [1.54, 1.807) is 0 Å². The fraction of sp³-hybridized carbons (Fsp3) is 0.938. The predicted octanol–water partition coefficient (Wildman–Crippen LogP) is 2.95. The lowest BCUT2D eigenvalue weighted by molar-refractivity contribution is -0.134. The number of carbonyl (C=O) groups is 1. The highest BCUT2D eigenvalue weighted by Crippen LogP contribution is 2.26. The number of hydrogen-bond donors (Lipinski definition) is 1. The largest absolute Gasteiger partial charge is 0.341 e. The molecule has 19 heavy (non-hydrogen) atoms. The van der Waals surface area contributed by atoms with Crippen molar-refractivity contribution in [3.8, 4) is 0 Å². The number of likely N-dealkylation sites (tertiary alicyclic amines) is 1. The van der Waals surface area contributed by atoms with Crippen LogP contribution in [-0.4, -0.2) is 36.0 Å². The summed E-state index contributed by atoms with van der Waals surface area (Å²) in [5.41, 5.74) is 0. The first-order valence-corrected chi connectivity index (χ1v) is 8.23. The Hall–Kier alpha value is -0.570. The third kappa shape index (κ3) is 4.20. The van der Waals surface area contributed by atoms with Crippen molar-refractivity contribution in [2.75, 3.05) is 13.1 Å². The molecule has 0 spiro atoms. The zero-order valence-electron chi connectivity index (χ0n) is 12.7. The zero-order valence-corrected chi connectivity index (χ0v) is 12.7. The van der Waals surface area contributed by atoms with E-state index in [-0.39, 0.29) is 6.04 Å². The number of piperidine rings is 1. The summed E-state index contributed by atoms with van der Waals surface area (Å²) < 4.78 is 0. The molecule has 3 heteroatoms. The molecule has 2 atom stereocenters. The van der Waals surface area contributed by atoms with Gasteiger partial charge in [-0.15, -0.1) is 0 Å². The van der Waals surface area contributed by atoms with Crippen molar-refractivity contribution < 1.29 is 4.79 Å². The summed E-state index contributed by atoms with van der Waals surface area (Å²) in [5.74, 6) is 1.08. The van der Waals surface area contributed by atoms with Crippen LogP contribution < -0.4 is 5.32 Å². The maximum Gasteiger partial charge on any atom is 0.239 e. The van der Waals surface area contributed by atoms with Crippen LogP contribution in [0.4, 0.5) is 0 Å². The second kappa shape index (κ2) is 7.28. The number of nitrogens with one attached hydrogen (secondary N) is 1. The molecule has 1 unspecified atom stereocenters. The Morgan fingerprint density at radius 2 is 1.58 bits per heavy atom. The molecule has 1 aliphatic carbocycles. The molecule has 1 saturated heterocycles. The van der Waals surface area contributed by atoms with Gasteiger partial charge < -0.3 is 10.2 Å². The van der Waals surface area contributed by atoms with Gasteiger partial charge in [-0.25, -0.2) is 0 Å². The molecule has 0 radical (unpaired) electrons. The normalized spacial score (nSPS) is 25.1. The molecular formula is C16H30N2O. The standard InChI is InChI=1S/C16H30N2O/c1-13(15-9-5-3-6-10-15)17-14(2)16(19)18-11-7-4-8-12-18/h13-15,17H,3-12H2,1-2H3/t13-,14?/m1/s1. The SMILES string of the molecule is CC(N[C@H](C)C1CCCCC1)C(=O)N1CCCCC1. The van der Waals surface area contributed by atoms with Gasteiger partial charge in [-0.1, -0.05) is 19.3 Å². The summed E-state index contributed by atoms with van der Waals surface area (Å²) >= 11 is 0. The predicted molar refractivity (Wildman–Crippen MR) is 79.1 cm³/mol. The summed E-state index contributed by atoms with van der Waals surface area (Å²) in [6.07, 6.45) is 10.4. The average molecular weight is 266 g/mol. The molecule has 1 N–H and O–H groups in total. The van der Waals surface area contributed by atoms with Crippen molar-refractivity contribution in [2.24, 2.45) is 5.92 Å². The number of carbonyl (C=O) groups excluding carboxylic acids is 1. The molecule has 2 aliphatic rings. The van der Waals surface area contributed by atoms with Crippen LogP contribution >= 0.6 is 0 Å². The lowest BCUT2D eigenvalue weighted by Gasteiger charge is -2.33. The maximum absolute atomic E-state index is 12.4. The molecule has 2 rings (SSSR count). The second-order valence-corrected chi connectivity index (χ2v) is 6.46. The third-order valence-corrected chi connectivity index (χ3v) is 4.91. The van der Waals surface area contributed by atoms with E-state index < -0.39 is 0 Å². The third-order valence-electron chi connectivity index (χ3n) is 4.91. The number of nitrogens with zero attached hydrogens (tertiary/aromatic N) is 1. The molecule has 0 aromatic carbocycles. The lowest BCUT2D eigenvalue weighted by atomic mass is 9.84. The van der Waals surface area contributed by atoms with E-state index in [0.717, 1.165) is 19.0 Å². The molecule has 0 aromatic heterocycles. The minimum absolute atomic E-state index is 0.0185. The van der Waals surface area contributed by atoms with Gasteiger partial charge >= 0.3 is 0 Å². The first-order valence-electron chi connectivity index (χ1n) is 8.23. The van der Waals surface area contributed by atoms with E-state index in [0.29, 0.717) is 11.9 Å². The van der Waals surface area contributed by atoms with Crippen LogP contribution in [0.25, 0.3) is 0 Å². The van der Waals surface area contributed by atoms with Crippen LogP contribution in [0.1, 0.15) is 65.2 Å². The van der Waals surface area contributed by atoms with Gasteiger partial charge in [0.1, 0.15) is 0 Å². The van der Waals surface area contributed by atoms with Crippen LogP contribution in [-0.2, 0) is 4.79 Å². The van der Waals surface area contributed by atoms with Crippen molar-refractivity contribution in [1.29, 1.82) is 0 Å². The van der Waals surface area contributed by atoms with Gasteiger partial charge in [-0.3, -0.25) is 4.79 Å². The maximum atomic E-state index is 12.4. The van der Waals surface area contributed by atoms with E-state index in [9.17, 15) is 4.79 Å². The first kappa shape index (κ1) is 14.8. The average Bonchev–Trinajstić information content (AvgIpc) is 2.48.